The summed E-state index contributed by atoms with van der Waals surface area (Å²) < 4.78 is 10.1. The van der Waals surface area contributed by atoms with Gasteiger partial charge in [0.2, 0.25) is 0 Å². The number of aliphatic carboxylic acids is 1. The molecule has 1 aromatic rings. The molecule has 110 valence electrons. The number of benzene rings is 1. The Morgan fingerprint density at radius 1 is 1.25 bits per heavy atom. The first kappa shape index (κ1) is 15.8. The monoisotopic (exact) mass is 283 g/mol. The summed E-state index contributed by atoms with van der Waals surface area (Å²) in [5.74, 6) is -0.928. The molecule has 0 aliphatic heterocycles. The Balaban J connectivity index is 2.89. The number of amides is 1. The van der Waals surface area contributed by atoms with Gasteiger partial charge in [0.1, 0.15) is 6.04 Å². The third-order valence-electron chi connectivity index (χ3n) is 2.67. The lowest BCUT2D eigenvalue weighted by Crippen LogP contribution is -2.41. The third kappa shape index (κ3) is 3.86. The van der Waals surface area contributed by atoms with Gasteiger partial charge in [-0.2, -0.15) is 0 Å². The second-order valence-corrected chi connectivity index (χ2v) is 3.95. The van der Waals surface area contributed by atoms with Gasteiger partial charge in [-0.15, -0.1) is 0 Å². The van der Waals surface area contributed by atoms with Crippen LogP contribution in [0.1, 0.15) is 16.8 Å². The van der Waals surface area contributed by atoms with Gasteiger partial charge in [-0.1, -0.05) is 0 Å². The Hall–Kier alpha value is -2.28. The van der Waals surface area contributed by atoms with Crippen LogP contribution in [0.4, 0.5) is 0 Å². The van der Waals surface area contributed by atoms with Crippen molar-refractivity contribution in [3.63, 3.8) is 0 Å². The molecule has 3 N–H and O–H groups in total. The summed E-state index contributed by atoms with van der Waals surface area (Å²) in [5, 5.41) is 20.0. The summed E-state index contributed by atoms with van der Waals surface area (Å²) in [5.41, 5.74) is 0.242. The first-order valence-corrected chi connectivity index (χ1v) is 5.90. The number of hydrogen-bond donors (Lipinski definition) is 3. The molecule has 0 bridgehead atoms. The number of nitrogens with one attached hydrogen (secondary N) is 1. The van der Waals surface area contributed by atoms with Crippen molar-refractivity contribution in [1.82, 2.24) is 5.32 Å². The van der Waals surface area contributed by atoms with E-state index < -0.39 is 17.9 Å². The molecule has 0 unspecified atom stereocenters. The summed E-state index contributed by atoms with van der Waals surface area (Å²) in [6, 6.07) is 3.36. The Morgan fingerprint density at radius 2 is 1.90 bits per heavy atom. The molecule has 1 rings (SSSR count). The van der Waals surface area contributed by atoms with Gasteiger partial charge < -0.3 is 25.0 Å². The predicted molar refractivity (Wildman–Crippen MR) is 70.1 cm³/mol. The molecule has 0 heterocycles. The third-order valence-corrected chi connectivity index (χ3v) is 2.67. The number of aliphatic hydroxyl groups excluding tert-OH is 1. The van der Waals surface area contributed by atoms with E-state index in [4.69, 9.17) is 19.7 Å². The molecular formula is C13H17NO6. The second-order valence-electron chi connectivity index (χ2n) is 3.95. The molecule has 0 saturated carbocycles. The number of aliphatic hydroxyl groups is 1. The molecule has 7 heteroatoms. The normalized spacial score (nSPS) is 11.6. The van der Waals surface area contributed by atoms with Crippen molar-refractivity contribution >= 4 is 11.9 Å². The van der Waals surface area contributed by atoms with Crippen LogP contribution >= 0.6 is 0 Å². The number of ether oxygens (including phenoxy) is 2. The lowest BCUT2D eigenvalue weighted by molar-refractivity contribution is -0.139. The van der Waals surface area contributed by atoms with E-state index >= 15 is 0 Å². The number of rotatable bonds is 7. The minimum absolute atomic E-state index is 0.0611. The number of carboxylic acid groups (broad SMARTS) is 1. The zero-order chi connectivity index (χ0) is 15.1. The molecule has 0 radical (unpaired) electrons. The summed E-state index contributed by atoms with van der Waals surface area (Å²) >= 11 is 0. The van der Waals surface area contributed by atoms with Crippen LogP contribution in [0.25, 0.3) is 0 Å². The van der Waals surface area contributed by atoms with E-state index in [0.29, 0.717) is 11.5 Å². The maximum Gasteiger partial charge on any atom is 0.326 e. The molecule has 7 nitrogen and oxygen atoms in total. The Labute approximate surface area is 116 Å². The molecule has 1 aromatic carbocycles. The Kier molecular flexibility index (Phi) is 5.79. The van der Waals surface area contributed by atoms with Crippen molar-refractivity contribution in [2.75, 3.05) is 20.8 Å². The quantitative estimate of drug-likeness (QED) is 0.663. The first-order chi connectivity index (χ1) is 9.53. The van der Waals surface area contributed by atoms with E-state index in [-0.39, 0.29) is 18.6 Å². The number of hydrogen-bond acceptors (Lipinski definition) is 5. The highest BCUT2D eigenvalue weighted by atomic mass is 16.5. The highest BCUT2D eigenvalue weighted by molar-refractivity contribution is 5.97. The lowest BCUT2D eigenvalue weighted by atomic mass is 10.1. The van der Waals surface area contributed by atoms with Gasteiger partial charge in [-0.05, 0) is 18.2 Å². The molecule has 0 aliphatic carbocycles. The van der Waals surface area contributed by atoms with Crippen LogP contribution in [0.5, 0.6) is 11.5 Å². The molecule has 0 aromatic heterocycles. The summed E-state index contributed by atoms with van der Waals surface area (Å²) in [6.45, 7) is -0.330. The van der Waals surface area contributed by atoms with E-state index in [1.807, 2.05) is 0 Å². The topological polar surface area (TPSA) is 105 Å². The van der Waals surface area contributed by atoms with E-state index in [0.717, 1.165) is 0 Å². The van der Waals surface area contributed by atoms with Gasteiger partial charge in [0.05, 0.1) is 14.2 Å². The van der Waals surface area contributed by atoms with Gasteiger partial charge in [-0.25, -0.2) is 4.79 Å². The fourth-order valence-electron chi connectivity index (χ4n) is 1.61. The highest BCUT2D eigenvalue weighted by Crippen LogP contribution is 2.27. The molecule has 0 aliphatic rings. The van der Waals surface area contributed by atoms with Crippen LogP contribution in [0.15, 0.2) is 18.2 Å². The van der Waals surface area contributed by atoms with E-state index in [9.17, 15) is 9.59 Å². The largest absolute Gasteiger partial charge is 0.493 e. The van der Waals surface area contributed by atoms with Crippen molar-refractivity contribution in [1.29, 1.82) is 0 Å². The molecule has 20 heavy (non-hydrogen) atoms. The van der Waals surface area contributed by atoms with E-state index in [1.165, 1.54) is 26.4 Å². The maximum absolute atomic E-state index is 11.9. The van der Waals surface area contributed by atoms with Gasteiger partial charge in [0.15, 0.2) is 11.5 Å². The fraction of sp³-hybridized carbons (Fsp3) is 0.385. The van der Waals surface area contributed by atoms with Gasteiger partial charge in [0.25, 0.3) is 5.91 Å². The van der Waals surface area contributed by atoms with Gasteiger partial charge in [-0.3, -0.25) is 4.79 Å². The van der Waals surface area contributed by atoms with Crippen molar-refractivity contribution in [2.24, 2.45) is 0 Å². The number of carbonyl (C=O) groups excluding carboxylic acids is 1. The SMILES string of the molecule is COc1ccc(C(=O)N[C@@H](CCO)C(=O)O)cc1OC. The van der Waals surface area contributed by atoms with Gasteiger partial charge in [0, 0.05) is 18.6 Å². The molecule has 0 fully saturated rings. The molecule has 1 atom stereocenters. The van der Waals surface area contributed by atoms with Crippen LogP contribution in [-0.4, -0.2) is 49.0 Å². The molecule has 1 amide bonds. The highest BCUT2D eigenvalue weighted by Gasteiger charge is 2.20. The minimum atomic E-state index is -1.20. The van der Waals surface area contributed by atoms with Gasteiger partial charge >= 0.3 is 5.97 Å². The van der Waals surface area contributed by atoms with E-state index in [2.05, 4.69) is 5.32 Å². The first-order valence-electron chi connectivity index (χ1n) is 5.90. The second kappa shape index (κ2) is 7.34. The standard InChI is InChI=1S/C13H17NO6/c1-19-10-4-3-8(7-11(10)20-2)12(16)14-9(5-6-15)13(17)18/h3-4,7,9,15H,5-6H2,1-2H3,(H,14,16)(H,17,18)/t9-/m0/s1. The fourth-order valence-corrected chi connectivity index (χ4v) is 1.61. The van der Waals surface area contributed by atoms with Crippen LogP contribution in [0, 0.1) is 0 Å². The van der Waals surface area contributed by atoms with Crippen molar-refractivity contribution in [3.05, 3.63) is 23.8 Å². The smallest absolute Gasteiger partial charge is 0.326 e. The van der Waals surface area contributed by atoms with Crippen molar-refractivity contribution < 1.29 is 29.3 Å². The number of carboxylic acids is 1. The number of carbonyl (C=O) groups is 2. The van der Waals surface area contributed by atoms with Crippen molar-refractivity contribution in [2.45, 2.75) is 12.5 Å². The van der Waals surface area contributed by atoms with Crippen LogP contribution in [0.3, 0.4) is 0 Å². The average Bonchev–Trinajstić information content (AvgIpc) is 2.45. The minimum Gasteiger partial charge on any atom is -0.493 e. The van der Waals surface area contributed by atoms with Crippen molar-refractivity contribution in [3.8, 4) is 11.5 Å². The average molecular weight is 283 g/mol. The van der Waals surface area contributed by atoms with Crippen LogP contribution in [0.2, 0.25) is 0 Å². The summed E-state index contributed by atoms with van der Waals surface area (Å²) in [7, 11) is 2.91. The Morgan fingerprint density at radius 3 is 2.40 bits per heavy atom. The van der Waals surface area contributed by atoms with Crippen LogP contribution in [-0.2, 0) is 4.79 Å². The van der Waals surface area contributed by atoms with Crippen LogP contribution < -0.4 is 14.8 Å². The molecule has 0 saturated heterocycles. The molecule has 0 spiro atoms. The maximum atomic E-state index is 11.9. The zero-order valence-corrected chi connectivity index (χ0v) is 11.3. The van der Waals surface area contributed by atoms with E-state index in [1.54, 1.807) is 6.07 Å². The predicted octanol–water partition coefficient (Wildman–Crippen LogP) is 0.269. The zero-order valence-electron chi connectivity index (χ0n) is 11.3. The molecular weight excluding hydrogens is 266 g/mol. The summed E-state index contributed by atoms with van der Waals surface area (Å²) in [6.07, 6.45) is -0.0611. The Bertz CT molecular complexity index is 488. The summed E-state index contributed by atoms with van der Waals surface area (Å²) in [4.78, 5) is 22.9. The lowest BCUT2D eigenvalue weighted by Gasteiger charge is -2.14. The number of methoxy groups -OCH3 is 2.